The topological polar surface area (TPSA) is 111 Å². The van der Waals surface area contributed by atoms with Gasteiger partial charge in [0.05, 0.1) is 11.2 Å². The van der Waals surface area contributed by atoms with Crippen LogP contribution in [0.5, 0.6) is 5.75 Å². The molecule has 0 fully saturated rings. The SMILES string of the molecule is O=C(COc1ccc([N+](=O)[O-])cc1)N1N=C(c2cc3ccccc3o2)CC1c1ccco1. The van der Waals surface area contributed by atoms with E-state index in [1.165, 1.54) is 29.3 Å². The summed E-state index contributed by atoms with van der Waals surface area (Å²) in [6.45, 7) is -0.286. The summed E-state index contributed by atoms with van der Waals surface area (Å²) in [6.07, 6.45) is 1.97. The molecule has 3 heterocycles. The molecule has 9 nitrogen and oxygen atoms in total. The van der Waals surface area contributed by atoms with Crippen LogP contribution in [0.3, 0.4) is 0 Å². The van der Waals surface area contributed by atoms with Crippen LogP contribution < -0.4 is 4.74 Å². The van der Waals surface area contributed by atoms with Gasteiger partial charge in [0.1, 0.15) is 28.8 Å². The van der Waals surface area contributed by atoms with Crippen LogP contribution in [0.1, 0.15) is 24.0 Å². The minimum absolute atomic E-state index is 0.0545. The Morgan fingerprint density at radius 2 is 1.97 bits per heavy atom. The van der Waals surface area contributed by atoms with Gasteiger partial charge in [0.15, 0.2) is 12.4 Å². The first-order valence-electron chi connectivity index (χ1n) is 9.87. The Labute approximate surface area is 181 Å². The first kappa shape index (κ1) is 19.6. The van der Waals surface area contributed by atoms with Gasteiger partial charge in [0.25, 0.3) is 11.6 Å². The lowest BCUT2D eigenvalue weighted by Crippen LogP contribution is -2.31. The number of nitro benzene ring substituents is 1. The van der Waals surface area contributed by atoms with Crippen molar-refractivity contribution in [1.29, 1.82) is 0 Å². The number of carbonyl (C=O) groups is 1. The fourth-order valence-electron chi connectivity index (χ4n) is 3.59. The molecule has 1 unspecified atom stereocenters. The summed E-state index contributed by atoms with van der Waals surface area (Å²) in [5.74, 6) is 1.16. The third-order valence-electron chi connectivity index (χ3n) is 5.16. The largest absolute Gasteiger partial charge is 0.484 e. The van der Waals surface area contributed by atoms with Gasteiger partial charge >= 0.3 is 0 Å². The summed E-state index contributed by atoms with van der Waals surface area (Å²) in [6, 6.07) is 18.2. The Morgan fingerprint density at radius 1 is 1.16 bits per heavy atom. The van der Waals surface area contributed by atoms with E-state index < -0.39 is 11.0 Å². The molecule has 0 N–H and O–H groups in total. The molecule has 1 aliphatic heterocycles. The molecule has 0 spiro atoms. The second kappa shape index (κ2) is 8.03. The maximum atomic E-state index is 13.0. The molecule has 32 heavy (non-hydrogen) atoms. The van der Waals surface area contributed by atoms with E-state index in [4.69, 9.17) is 13.6 Å². The molecule has 0 radical (unpaired) electrons. The molecule has 160 valence electrons. The summed E-state index contributed by atoms with van der Waals surface area (Å²) in [5.41, 5.74) is 1.32. The van der Waals surface area contributed by atoms with E-state index >= 15 is 0 Å². The first-order valence-corrected chi connectivity index (χ1v) is 9.87. The first-order chi connectivity index (χ1) is 15.6. The minimum atomic E-state index is -0.499. The number of hydrogen-bond donors (Lipinski definition) is 0. The molecule has 0 saturated carbocycles. The smallest absolute Gasteiger partial charge is 0.281 e. The van der Waals surface area contributed by atoms with Crippen LogP contribution in [0.25, 0.3) is 11.0 Å². The number of benzene rings is 2. The quantitative estimate of drug-likeness (QED) is 0.323. The Hall–Kier alpha value is -4.40. The van der Waals surface area contributed by atoms with E-state index in [1.54, 1.807) is 18.4 Å². The zero-order valence-electron chi connectivity index (χ0n) is 16.7. The number of furan rings is 2. The van der Waals surface area contributed by atoms with Crippen LogP contribution in [0.2, 0.25) is 0 Å². The number of fused-ring (bicyclic) bond motifs is 1. The predicted octanol–water partition coefficient (Wildman–Crippen LogP) is 4.69. The Kier molecular flexibility index (Phi) is 4.91. The number of hydrazone groups is 1. The van der Waals surface area contributed by atoms with Gasteiger partial charge in [-0.3, -0.25) is 14.9 Å². The number of ether oxygens (including phenoxy) is 1. The van der Waals surface area contributed by atoms with Crippen molar-refractivity contribution >= 4 is 28.3 Å². The molecular formula is C23H17N3O6. The number of rotatable bonds is 6. The van der Waals surface area contributed by atoms with Crippen molar-refractivity contribution in [2.75, 3.05) is 6.61 Å². The summed E-state index contributed by atoms with van der Waals surface area (Å²) >= 11 is 0. The molecule has 1 amide bonds. The molecule has 5 rings (SSSR count). The monoisotopic (exact) mass is 431 g/mol. The Balaban J connectivity index is 1.37. The van der Waals surface area contributed by atoms with Crippen LogP contribution in [-0.4, -0.2) is 28.2 Å². The van der Waals surface area contributed by atoms with Gasteiger partial charge in [-0.25, -0.2) is 5.01 Å². The number of hydrogen-bond acceptors (Lipinski definition) is 7. The van der Waals surface area contributed by atoms with Crippen molar-refractivity contribution in [3.05, 3.63) is 94.6 Å². The summed E-state index contributed by atoms with van der Waals surface area (Å²) in [4.78, 5) is 23.2. The highest BCUT2D eigenvalue weighted by Crippen LogP contribution is 2.34. The van der Waals surface area contributed by atoms with Gasteiger partial charge in [-0.2, -0.15) is 5.10 Å². The summed E-state index contributed by atoms with van der Waals surface area (Å²) < 4.78 is 17.0. The third-order valence-corrected chi connectivity index (χ3v) is 5.16. The van der Waals surface area contributed by atoms with Crippen molar-refractivity contribution in [2.45, 2.75) is 12.5 Å². The highest BCUT2D eigenvalue weighted by atomic mass is 16.6. The predicted molar refractivity (Wildman–Crippen MR) is 114 cm³/mol. The van der Waals surface area contributed by atoms with Crippen molar-refractivity contribution in [2.24, 2.45) is 5.10 Å². The maximum absolute atomic E-state index is 13.0. The molecule has 2 aromatic carbocycles. The van der Waals surface area contributed by atoms with Crippen LogP contribution in [0.15, 0.2) is 86.9 Å². The maximum Gasteiger partial charge on any atom is 0.281 e. The van der Waals surface area contributed by atoms with E-state index in [0.717, 1.165) is 11.0 Å². The highest BCUT2D eigenvalue weighted by Gasteiger charge is 2.36. The molecule has 4 aromatic rings. The molecule has 1 aliphatic rings. The van der Waals surface area contributed by atoms with E-state index in [0.29, 0.717) is 29.4 Å². The molecule has 2 aromatic heterocycles. The number of non-ortho nitro benzene ring substituents is 1. The van der Waals surface area contributed by atoms with Gasteiger partial charge in [-0.05, 0) is 36.4 Å². The molecular weight excluding hydrogens is 414 g/mol. The molecule has 0 saturated heterocycles. The zero-order chi connectivity index (χ0) is 22.1. The fourth-order valence-corrected chi connectivity index (χ4v) is 3.59. The highest BCUT2D eigenvalue weighted by molar-refractivity contribution is 6.03. The summed E-state index contributed by atoms with van der Waals surface area (Å²) in [7, 11) is 0. The van der Waals surface area contributed by atoms with Gasteiger partial charge in [0, 0.05) is 23.9 Å². The van der Waals surface area contributed by atoms with Crippen molar-refractivity contribution in [3.8, 4) is 5.75 Å². The van der Waals surface area contributed by atoms with E-state index in [9.17, 15) is 14.9 Å². The number of carbonyl (C=O) groups excluding carboxylic acids is 1. The number of nitrogens with zero attached hydrogens (tertiary/aromatic N) is 3. The summed E-state index contributed by atoms with van der Waals surface area (Å²) in [5, 5.41) is 17.6. The van der Waals surface area contributed by atoms with Gasteiger partial charge in [0.2, 0.25) is 0 Å². The molecule has 9 heteroatoms. The van der Waals surface area contributed by atoms with E-state index in [2.05, 4.69) is 5.10 Å². The molecule has 0 bridgehead atoms. The Bertz CT molecular complexity index is 1270. The third kappa shape index (κ3) is 3.71. The van der Waals surface area contributed by atoms with E-state index in [1.807, 2.05) is 30.3 Å². The average Bonchev–Trinajstić information content (AvgIpc) is 3.56. The number of amides is 1. The molecule has 0 aliphatic carbocycles. The number of para-hydroxylation sites is 1. The minimum Gasteiger partial charge on any atom is -0.484 e. The van der Waals surface area contributed by atoms with Crippen LogP contribution in [0, 0.1) is 10.1 Å². The van der Waals surface area contributed by atoms with Crippen molar-refractivity contribution in [1.82, 2.24) is 5.01 Å². The average molecular weight is 431 g/mol. The van der Waals surface area contributed by atoms with Crippen molar-refractivity contribution < 1.29 is 23.3 Å². The van der Waals surface area contributed by atoms with Gasteiger partial charge in [-0.1, -0.05) is 18.2 Å². The zero-order valence-corrected chi connectivity index (χ0v) is 16.7. The normalized spacial score (nSPS) is 15.7. The fraction of sp³-hybridized carbons (Fsp3) is 0.130. The standard InChI is InChI=1S/C23H17N3O6/c27-23(14-31-17-9-7-16(8-10-17)26(28)29)25-19(21-6-3-11-30-21)13-18(24-25)22-12-15-4-1-2-5-20(15)32-22/h1-12,19H,13-14H2. The number of nitro groups is 1. The van der Waals surface area contributed by atoms with Crippen LogP contribution >= 0.6 is 0 Å². The molecule has 1 atom stereocenters. The van der Waals surface area contributed by atoms with E-state index in [-0.39, 0.29) is 18.2 Å². The Morgan fingerprint density at radius 3 is 2.69 bits per heavy atom. The van der Waals surface area contributed by atoms with Gasteiger partial charge < -0.3 is 13.6 Å². The van der Waals surface area contributed by atoms with Crippen LogP contribution in [0.4, 0.5) is 5.69 Å². The second-order valence-electron chi connectivity index (χ2n) is 7.21. The van der Waals surface area contributed by atoms with Crippen LogP contribution in [-0.2, 0) is 4.79 Å². The lowest BCUT2D eigenvalue weighted by Gasteiger charge is -2.19. The van der Waals surface area contributed by atoms with Crippen molar-refractivity contribution in [3.63, 3.8) is 0 Å². The second-order valence-corrected chi connectivity index (χ2v) is 7.21. The van der Waals surface area contributed by atoms with Gasteiger partial charge in [-0.15, -0.1) is 0 Å². The lowest BCUT2D eigenvalue weighted by atomic mass is 10.1. The lowest BCUT2D eigenvalue weighted by molar-refractivity contribution is -0.384.